The van der Waals surface area contributed by atoms with E-state index in [1.807, 2.05) is 0 Å². The van der Waals surface area contributed by atoms with Gasteiger partial charge in [-0.05, 0) is 41.1 Å². The van der Waals surface area contributed by atoms with Gasteiger partial charge in [-0.1, -0.05) is 19.3 Å². The zero-order valence-electron chi connectivity index (χ0n) is 9.69. The number of aliphatic hydroxyl groups is 1. The molecule has 2 nitrogen and oxygen atoms in total. The molecule has 16 heavy (non-hydrogen) atoms. The van der Waals surface area contributed by atoms with Crippen LogP contribution in [0, 0.1) is 5.92 Å². The van der Waals surface area contributed by atoms with Crippen LogP contribution in [0.5, 0.6) is 0 Å². The molecule has 1 aliphatic rings. The maximum atomic E-state index is 9.41. The number of hydrogen-bond acceptors (Lipinski definition) is 3. The van der Waals surface area contributed by atoms with Crippen LogP contribution in [0.15, 0.2) is 16.8 Å². The lowest BCUT2D eigenvalue weighted by Gasteiger charge is -2.24. The van der Waals surface area contributed by atoms with E-state index in [9.17, 15) is 5.11 Å². The quantitative estimate of drug-likeness (QED) is 0.792. The highest BCUT2D eigenvalue weighted by Crippen LogP contribution is 2.23. The van der Waals surface area contributed by atoms with Crippen LogP contribution in [0.1, 0.15) is 37.7 Å². The van der Waals surface area contributed by atoms with Crippen LogP contribution in [0.2, 0.25) is 0 Å². The molecule has 0 spiro atoms. The van der Waals surface area contributed by atoms with Gasteiger partial charge in [0.25, 0.3) is 0 Å². The summed E-state index contributed by atoms with van der Waals surface area (Å²) in [7, 11) is 0. The van der Waals surface area contributed by atoms with Crippen molar-refractivity contribution >= 4 is 11.3 Å². The molecule has 0 saturated heterocycles. The SMILES string of the molecule is OCC1CCCCCC1NCc1ccsc1. The van der Waals surface area contributed by atoms with E-state index in [1.54, 1.807) is 11.3 Å². The minimum atomic E-state index is 0.335. The van der Waals surface area contributed by atoms with Crippen LogP contribution in [0.4, 0.5) is 0 Å². The molecule has 1 aromatic rings. The first kappa shape index (κ1) is 12.1. The van der Waals surface area contributed by atoms with Gasteiger partial charge in [0.2, 0.25) is 0 Å². The summed E-state index contributed by atoms with van der Waals surface area (Å²) in [5.41, 5.74) is 1.37. The van der Waals surface area contributed by atoms with Crippen LogP contribution in [-0.4, -0.2) is 17.8 Å². The van der Waals surface area contributed by atoms with Gasteiger partial charge in [-0.2, -0.15) is 11.3 Å². The average Bonchev–Trinajstić information content (AvgIpc) is 2.71. The predicted molar refractivity (Wildman–Crippen MR) is 68.6 cm³/mol. The lowest BCUT2D eigenvalue weighted by atomic mass is 9.95. The predicted octanol–water partition coefficient (Wildman–Crippen LogP) is 2.78. The second kappa shape index (κ2) is 6.38. The van der Waals surface area contributed by atoms with Crippen LogP contribution in [-0.2, 0) is 6.54 Å². The first-order valence-electron chi connectivity index (χ1n) is 6.25. The zero-order chi connectivity index (χ0) is 11.2. The normalized spacial score (nSPS) is 26.6. The van der Waals surface area contributed by atoms with Gasteiger partial charge in [0.1, 0.15) is 0 Å². The van der Waals surface area contributed by atoms with Gasteiger partial charge in [0.05, 0.1) is 0 Å². The number of rotatable bonds is 4. The summed E-state index contributed by atoms with van der Waals surface area (Å²) in [5, 5.41) is 17.3. The van der Waals surface area contributed by atoms with Crippen molar-refractivity contribution < 1.29 is 5.11 Å². The topological polar surface area (TPSA) is 32.3 Å². The Bertz CT molecular complexity index is 286. The van der Waals surface area contributed by atoms with Crippen molar-refractivity contribution in [3.8, 4) is 0 Å². The molecule has 1 fully saturated rings. The second-order valence-electron chi connectivity index (χ2n) is 4.70. The Morgan fingerprint density at radius 1 is 1.31 bits per heavy atom. The number of aliphatic hydroxyl groups excluding tert-OH is 1. The van der Waals surface area contributed by atoms with E-state index in [-0.39, 0.29) is 0 Å². The van der Waals surface area contributed by atoms with Crippen molar-refractivity contribution in [2.24, 2.45) is 5.92 Å². The molecule has 2 unspecified atom stereocenters. The van der Waals surface area contributed by atoms with Crippen molar-refractivity contribution in [2.75, 3.05) is 6.61 Å². The third-order valence-corrected chi connectivity index (χ3v) is 4.27. The molecule has 1 heterocycles. The van der Waals surface area contributed by atoms with Crippen LogP contribution in [0.3, 0.4) is 0 Å². The molecular weight excluding hydrogens is 218 g/mol. The molecule has 3 heteroatoms. The van der Waals surface area contributed by atoms with Gasteiger partial charge in [0, 0.05) is 19.2 Å². The molecular formula is C13H21NOS. The summed E-state index contributed by atoms with van der Waals surface area (Å²) < 4.78 is 0. The third-order valence-electron chi connectivity index (χ3n) is 3.54. The largest absolute Gasteiger partial charge is 0.396 e. The second-order valence-corrected chi connectivity index (χ2v) is 5.48. The fourth-order valence-electron chi connectivity index (χ4n) is 2.51. The standard InChI is InChI=1S/C13H21NOS/c15-9-12-4-2-1-3-5-13(12)14-8-11-6-7-16-10-11/h6-7,10,12-15H,1-5,8-9H2. The van der Waals surface area contributed by atoms with Gasteiger partial charge in [-0.25, -0.2) is 0 Å². The highest BCUT2D eigenvalue weighted by atomic mass is 32.1. The van der Waals surface area contributed by atoms with Crippen molar-refractivity contribution in [1.29, 1.82) is 0 Å². The maximum Gasteiger partial charge on any atom is 0.0474 e. The smallest absolute Gasteiger partial charge is 0.0474 e. The van der Waals surface area contributed by atoms with Gasteiger partial charge in [-0.3, -0.25) is 0 Å². The number of nitrogens with one attached hydrogen (secondary N) is 1. The van der Waals surface area contributed by atoms with Gasteiger partial charge in [-0.15, -0.1) is 0 Å². The molecule has 90 valence electrons. The minimum Gasteiger partial charge on any atom is -0.396 e. The fourth-order valence-corrected chi connectivity index (χ4v) is 3.18. The van der Waals surface area contributed by atoms with Gasteiger partial charge in [0.15, 0.2) is 0 Å². The first-order chi connectivity index (χ1) is 7.90. The average molecular weight is 239 g/mol. The van der Waals surface area contributed by atoms with E-state index in [2.05, 4.69) is 22.1 Å². The molecule has 1 saturated carbocycles. The Morgan fingerprint density at radius 2 is 2.19 bits per heavy atom. The van der Waals surface area contributed by atoms with Gasteiger partial charge < -0.3 is 10.4 Å². The Labute approximate surface area is 102 Å². The van der Waals surface area contributed by atoms with Crippen molar-refractivity contribution in [2.45, 2.75) is 44.7 Å². The van der Waals surface area contributed by atoms with Crippen LogP contribution < -0.4 is 5.32 Å². The summed E-state index contributed by atoms with van der Waals surface area (Å²) >= 11 is 1.75. The molecule has 0 aliphatic heterocycles. The Kier molecular flexibility index (Phi) is 4.82. The Balaban J connectivity index is 1.85. The van der Waals surface area contributed by atoms with Crippen molar-refractivity contribution in [3.63, 3.8) is 0 Å². The highest BCUT2D eigenvalue weighted by Gasteiger charge is 2.22. The van der Waals surface area contributed by atoms with Crippen molar-refractivity contribution in [3.05, 3.63) is 22.4 Å². The summed E-state index contributed by atoms with van der Waals surface area (Å²) in [6.45, 7) is 1.28. The molecule has 0 amide bonds. The van der Waals surface area contributed by atoms with E-state index < -0.39 is 0 Å². The maximum absolute atomic E-state index is 9.41. The number of hydrogen-bond donors (Lipinski definition) is 2. The molecule has 1 aliphatic carbocycles. The summed E-state index contributed by atoms with van der Waals surface area (Å²) in [6.07, 6.45) is 6.31. The molecule has 0 aromatic carbocycles. The summed E-state index contributed by atoms with van der Waals surface area (Å²) in [4.78, 5) is 0. The van der Waals surface area contributed by atoms with E-state index >= 15 is 0 Å². The molecule has 2 atom stereocenters. The molecule has 0 bridgehead atoms. The van der Waals surface area contributed by atoms with E-state index in [1.165, 1.54) is 37.7 Å². The first-order valence-corrected chi connectivity index (χ1v) is 7.19. The molecule has 1 aromatic heterocycles. The van der Waals surface area contributed by atoms with Crippen molar-refractivity contribution in [1.82, 2.24) is 5.32 Å². The third kappa shape index (κ3) is 3.30. The lowest BCUT2D eigenvalue weighted by molar-refractivity contribution is 0.181. The summed E-state index contributed by atoms with van der Waals surface area (Å²) in [6, 6.07) is 2.68. The fraction of sp³-hybridized carbons (Fsp3) is 0.692. The van der Waals surface area contributed by atoms with E-state index in [4.69, 9.17) is 0 Å². The lowest BCUT2D eigenvalue weighted by Crippen LogP contribution is -2.36. The zero-order valence-corrected chi connectivity index (χ0v) is 10.5. The summed E-state index contributed by atoms with van der Waals surface area (Å²) in [5.74, 6) is 0.459. The molecule has 2 rings (SSSR count). The minimum absolute atomic E-state index is 0.335. The molecule has 2 N–H and O–H groups in total. The molecule has 0 radical (unpaired) electrons. The highest BCUT2D eigenvalue weighted by molar-refractivity contribution is 7.07. The number of thiophene rings is 1. The monoisotopic (exact) mass is 239 g/mol. The van der Waals surface area contributed by atoms with Gasteiger partial charge >= 0.3 is 0 Å². The van der Waals surface area contributed by atoms with E-state index in [0.29, 0.717) is 18.6 Å². The Morgan fingerprint density at radius 3 is 2.94 bits per heavy atom. The van der Waals surface area contributed by atoms with Crippen LogP contribution >= 0.6 is 11.3 Å². The van der Waals surface area contributed by atoms with Crippen LogP contribution in [0.25, 0.3) is 0 Å². The van der Waals surface area contributed by atoms with E-state index in [0.717, 1.165) is 6.54 Å². The Hall–Kier alpha value is -0.380.